The molecule has 0 saturated heterocycles. The maximum absolute atomic E-state index is 6.09. The van der Waals surface area contributed by atoms with Crippen LogP contribution in [0.4, 0.5) is 11.4 Å². The van der Waals surface area contributed by atoms with Gasteiger partial charge in [0.15, 0.2) is 0 Å². The number of nitrogens with zero attached hydrogens (tertiary/aromatic N) is 1. The molecule has 4 rings (SSSR count). The van der Waals surface area contributed by atoms with Gasteiger partial charge in [0.05, 0.1) is 0 Å². The number of para-hydroxylation sites is 1. The number of rotatable bonds is 5. The van der Waals surface area contributed by atoms with E-state index in [0.717, 1.165) is 35.5 Å². The molecule has 0 atom stereocenters. The van der Waals surface area contributed by atoms with Gasteiger partial charge in [-0.15, -0.1) is 0 Å². The van der Waals surface area contributed by atoms with Crippen molar-refractivity contribution in [3.05, 3.63) is 84.6 Å². The highest BCUT2D eigenvalue weighted by molar-refractivity contribution is 5.70. The summed E-state index contributed by atoms with van der Waals surface area (Å²) in [6, 6.07) is 22.2. The zero-order chi connectivity index (χ0) is 17.6. The second kappa shape index (κ2) is 7.87. The Labute approximate surface area is 154 Å². The first-order chi connectivity index (χ1) is 12.9. The average molecular weight is 342 g/mol. The Morgan fingerprint density at radius 3 is 2.38 bits per heavy atom. The Morgan fingerprint density at radius 2 is 1.62 bits per heavy atom. The number of hydrogen-bond acceptors (Lipinski definition) is 3. The second-order valence-corrected chi connectivity index (χ2v) is 6.45. The van der Waals surface area contributed by atoms with Crippen LogP contribution >= 0.6 is 0 Å². The third-order valence-corrected chi connectivity index (χ3v) is 4.54. The molecule has 1 aromatic heterocycles. The topological polar surface area (TPSA) is 34.1 Å². The van der Waals surface area contributed by atoms with Gasteiger partial charge in [0.1, 0.15) is 5.75 Å². The van der Waals surface area contributed by atoms with Crippen molar-refractivity contribution in [2.45, 2.75) is 25.7 Å². The van der Waals surface area contributed by atoms with Crippen molar-refractivity contribution in [3.8, 4) is 11.6 Å². The normalized spacial score (nSPS) is 13.8. The van der Waals surface area contributed by atoms with Crippen LogP contribution in [-0.4, -0.2) is 4.98 Å². The van der Waals surface area contributed by atoms with E-state index in [1.807, 2.05) is 60.7 Å². The number of hydrogen-bond donors (Lipinski definition) is 1. The highest BCUT2D eigenvalue weighted by Gasteiger charge is 2.13. The number of benzene rings is 2. The van der Waals surface area contributed by atoms with Crippen LogP contribution in [0, 0.1) is 0 Å². The van der Waals surface area contributed by atoms with E-state index in [1.54, 1.807) is 6.20 Å². The molecule has 0 radical (unpaired) electrons. The lowest BCUT2D eigenvalue weighted by molar-refractivity contribution is 0.461. The van der Waals surface area contributed by atoms with Crippen LogP contribution in [0.3, 0.4) is 0 Å². The van der Waals surface area contributed by atoms with Crippen LogP contribution < -0.4 is 10.1 Å². The summed E-state index contributed by atoms with van der Waals surface area (Å²) in [4.78, 5) is 4.46. The van der Waals surface area contributed by atoms with Crippen molar-refractivity contribution in [3.63, 3.8) is 0 Å². The van der Waals surface area contributed by atoms with E-state index in [-0.39, 0.29) is 0 Å². The van der Waals surface area contributed by atoms with Crippen molar-refractivity contribution in [1.82, 2.24) is 4.98 Å². The Kier molecular flexibility index (Phi) is 4.97. The smallest absolute Gasteiger partial charge is 0.226 e. The summed E-state index contributed by atoms with van der Waals surface area (Å²) >= 11 is 0. The molecule has 1 aliphatic rings. The molecular weight excluding hydrogens is 320 g/mol. The fraction of sp³-hybridized carbons (Fsp3) is 0.174. The summed E-state index contributed by atoms with van der Waals surface area (Å²) < 4.78 is 6.09. The Bertz CT molecular complexity index is 886. The van der Waals surface area contributed by atoms with Crippen molar-refractivity contribution < 1.29 is 4.74 Å². The molecular formula is C23H22N2O. The number of aromatic nitrogens is 1. The lowest BCUT2D eigenvalue weighted by Gasteiger charge is -2.16. The third kappa shape index (κ3) is 3.94. The van der Waals surface area contributed by atoms with E-state index in [2.05, 4.69) is 22.4 Å². The Morgan fingerprint density at radius 1 is 0.808 bits per heavy atom. The van der Waals surface area contributed by atoms with Gasteiger partial charge in [-0.1, -0.05) is 24.3 Å². The molecule has 0 amide bonds. The molecule has 0 bridgehead atoms. The highest BCUT2D eigenvalue weighted by atomic mass is 16.5. The van der Waals surface area contributed by atoms with E-state index >= 15 is 0 Å². The minimum absolute atomic E-state index is 0.685. The first-order valence-electron chi connectivity index (χ1n) is 9.13. The fourth-order valence-electron chi connectivity index (χ4n) is 3.21. The molecule has 0 saturated carbocycles. The largest absolute Gasteiger partial charge is 0.438 e. The fourth-order valence-corrected chi connectivity index (χ4v) is 3.21. The molecule has 0 spiro atoms. The van der Waals surface area contributed by atoms with Gasteiger partial charge in [0, 0.05) is 23.1 Å². The minimum atomic E-state index is 0.685. The van der Waals surface area contributed by atoms with Crippen LogP contribution in [0.2, 0.25) is 0 Å². The van der Waals surface area contributed by atoms with E-state index in [0.29, 0.717) is 5.88 Å². The van der Waals surface area contributed by atoms with Crippen LogP contribution in [-0.2, 0) is 0 Å². The van der Waals surface area contributed by atoms with Crippen LogP contribution in [0.5, 0.6) is 11.6 Å². The number of ether oxygens (including phenoxy) is 1. The molecule has 0 fully saturated rings. The summed E-state index contributed by atoms with van der Waals surface area (Å²) in [6.45, 7) is 0. The van der Waals surface area contributed by atoms with Gasteiger partial charge in [-0.2, -0.15) is 0 Å². The van der Waals surface area contributed by atoms with Gasteiger partial charge in [-0.05, 0) is 79.8 Å². The van der Waals surface area contributed by atoms with Crippen molar-refractivity contribution in [1.29, 1.82) is 0 Å². The molecule has 1 aliphatic carbocycles. The molecule has 130 valence electrons. The maximum Gasteiger partial charge on any atom is 0.226 e. The molecule has 3 aromatic rings. The zero-order valence-corrected chi connectivity index (χ0v) is 14.7. The lowest BCUT2D eigenvalue weighted by Crippen LogP contribution is -1.97. The zero-order valence-electron chi connectivity index (χ0n) is 14.7. The SMILES string of the molecule is C1=C(c2cccnc2Oc2ccc(Nc3ccccc3)cc2)CCCC1. The summed E-state index contributed by atoms with van der Waals surface area (Å²) in [6.07, 6.45) is 8.86. The molecule has 0 aliphatic heterocycles. The predicted octanol–water partition coefficient (Wildman–Crippen LogP) is 6.57. The maximum atomic E-state index is 6.09. The minimum Gasteiger partial charge on any atom is -0.438 e. The van der Waals surface area contributed by atoms with Crippen LogP contribution in [0.1, 0.15) is 31.2 Å². The Balaban J connectivity index is 1.50. The first kappa shape index (κ1) is 16.4. The van der Waals surface area contributed by atoms with Gasteiger partial charge in [-0.25, -0.2) is 4.98 Å². The molecule has 2 aromatic carbocycles. The van der Waals surface area contributed by atoms with Crippen LogP contribution in [0.25, 0.3) is 5.57 Å². The number of allylic oxidation sites excluding steroid dienone is 2. The van der Waals surface area contributed by atoms with Crippen LogP contribution in [0.15, 0.2) is 79.0 Å². The van der Waals surface area contributed by atoms with E-state index < -0.39 is 0 Å². The third-order valence-electron chi connectivity index (χ3n) is 4.54. The average Bonchev–Trinajstić information content (AvgIpc) is 2.71. The summed E-state index contributed by atoms with van der Waals surface area (Å²) in [5.74, 6) is 1.48. The number of pyridine rings is 1. The summed E-state index contributed by atoms with van der Waals surface area (Å²) in [7, 11) is 0. The quantitative estimate of drug-likeness (QED) is 0.569. The van der Waals surface area contributed by atoms with Crippen molar-refractivity contribution in [2.24, 2.45) is 0 Å². The van der Waals surface area contributed by atoms with Gasteiger partial charge < -0.3 is 10.1 Å². The lowest BCUT2D eigenvalue weighted by atomic mass is 9.94. The second-order valence-electron chi connectivity index (χ2n) is 6.45. The summed E-state index contributed by atoms with van der Waals surface area (Å²) in [5, 5.41) is 3.38. The molecule has 1 N–H and O–H groups in total. The molecule has 26 heavy (non-hydrogen) atoms. The monoisotopic (exact) mass is 342 g/mol. The van der Waals surface area contributed by atoms with Crippen molar-refractivity contribution >= 4 is 16.9 Å². The number of nitrogens with one attached hydrogen (secondary N) is 1. The highest BCUT2D eigenvalue weighted by Crippen LogP contribution is 2.34. The molecule has 0 unspecified atom stereocenters. The predicted molar refractivity (Wildman–Crippen MR) is 107 cm³/mol. The molecule has 3 nitrogen and oxygen atoms in total. The summed E-state index contributed by atoms with van der Waals surface area (Å²) in [5.41, 5.74) is 4.55. The van der Waals surface area contributed by atoms with Crippen molar-refractivity contribution in [2.75, 3.05) is 5.32 Å². The Hall–Kier alpha value is -3.07. The van der Waals surface area contributed by atoms with Gasteiger partial charge >= 0.3 is 0 Å². The van der Waals surface area contributed by atoms with Gasteiger partial charge in [0.25, 0.3) is 0 Å². The number of anilines is 2. The standard InChI is InChI=1S/C23H22N2O/c1-3-8-18(9-4-1)22-12-7-17-24-23(22)26-21-15-13-20(14-16-21)25-19-10-5-2-6-11-19/h2,5-8,10-17,25H,1,3-4,9H2. The first-order valence-corrected chi connectivity index (χ1v) is 9.13. The van der Waals surface area contributed by atoms with E-state index in [9.17, 15) is 0 Å². The van der Waals surface area contributed by atoms with E-state index in [1.165, 1.54) is 18.4 Å². The van der Waals surface area contributed by atoms with Gasteiger partial charge in [0.2, 0.25) is 5.88 Å². The van der Waals surface area contributed by atoms with Gasteiger partial charge in [-0.3, -0.25) is 0 Å². The molecule has 3 heteroatoms. The molecule has 1 heterocycles. The van der Waals surface area contributed by atoms with E-state index in [4.69, 9.17) is 4.74 Å².